The number of hydrogen-bond acceptors (Lipinski definition) is 5. The number of nitrogens with two attached hydrogens (primary N) is 1. The molecule has 17 heavy (non-hydrogen) atoms. The molecule has 0 aromatic heterocycles. The van der Waals surface area contributed by atoms with E-state index in [0.29, 0.717) is 13.0 Å². The van der Waals surface area contributed by atoms with E-state index in [1.807, 2.05) is 13.8 Å². The fourth-order valence-corrected chi connectivity index (χ4v) is 1.71. The molecule has 0 aliphatic carbocycles. The van der Waals surface area contributed by atoms with Gasteiger partial charge in [0.15, 0.2) is 0 Å². The number of carboxylic acid groups (broad SMARTS) is 1. The van der Waals surface area contributed by atoms with Crippen molar-refractivity contribution < 1.29 is 19.4 Å². The molecule has 0 aromatic rings. The largest absolute Gasteiger partial charge is 0.480 e. The Morgan fingerprint density at radius 3 is 2.71 bits per heavy atom. The van der Waals surface area contributed by atoms with Crippen molar-refractivity contribution in [2.45, 2.75) is 44.9 Å². The van der Waals surface area contributed by atoms with Gasteiger partial charge in [-0.15, -0.1) is 0 Å². The van der Waals surface area contributed by atoms with Crippen LogP contribution in [0.1, 0.15) is 26.7 Å². The zero-order chi connectivity index (χ0) is 13.0. The Morgan fingerprint density at radius 2 is 2.24 bits per heavy atom. The van der Waals surface area contributed by atoms with Crippen LogP contribution >= 0.6 is 0 Å². The molecule has 0 radical (unpaired) electrons. The molecule has 0 aromatic carbocycles. The number of nitrogens with one attached hydrogen (secondary N) is 1. The summed E-state index contributed by atoms with van der Waals surface area (Å²) < 4.78 is 5.19. The zero-order valence-corrected chi connectivity index (χ0v) is 10.2. The summed E-state index contributed by atoms with van der Waals surface area (Å²) in [6.45, 7) is 4.21. The van der Waals surface area contributed by atoms with Gasteiger partial charge >= 0.3 is 11.9 Å². The van der Waals surface area contributed by atoms with Crippen LogP contribution in [0.15, 0.2) is 0 Å². The van der Waals surface area contributed by atoms with Crippen molar-refractivity contribution in [3.63, 3.8) is 0 Å². The average Bonchev–Trinajstić information content (AvgIpc) is 2.75. The Kier molecular flexibility index (Phi) is 4.89. The van der Waals surface area contributed by atoms with Crippen molar-refractivity contribution in [3.8, 4) is 0 Å². The minimum absolute atomic E-state index is 0.0622. The Morgan fingerprint density at radius 1 is 1.59 bits per heavy atom. The summed E-state index contributed by atoms with van der Waals surface area (Å²) in [6.07, 6.45) is 0.712. The van der Waals surface area contributed by atoms with Gasteiger partial charge in [-0.1, -0.05) is 20.3 Å². The van der Waals surface area contributed by atoms with E-state index in [2.05, 4.69) is 5.32 Å². The Balaban J connectivity index is 2.40. The number of aliphatic carboxylic acids is 1. The second-order valence-corrected chi connectivity index (χ2v) is 4.50. The summed E-state index contributed by atoms with van der Waals surface area (Å²) in [5.74, 6) is -1.31. The van der Waals surface area contributed by atoms with Crippen LogP contribution in [0.5, 0.6) is 0 Å². The van der Waals surface area contributed by atoms with Gasteiger partial charge in [0.1, 0.15) is 18.2 Å². The summed E-state index contributed by atoms with van der Waals surface area (Å²) in [5, 5.41) is 11.5. The summed E-state index contributed by atoms with van der Waals surface area (Å²) in [4.78, 5) is 22.3. The molecule has 1 saturated heterocycles. The summed E-state index contributed by atoms with van der Waals surface area (Å²) in [7, 11) is 0. The van der Waals surface area contributed by atoms with Gasteiger partial charge in [-0.25, -0.2) is 0 Å². The number of ether oxygens (including phenoxy) is 1. The summed E-state index contributed by atoms with van der Waals surface area (Å²) in [6, 6.07) is -1.27. The molecular weight excluding hydrogens is 224 g/mol. The first-order valence-electron chi connectivity index (χ1n) is 5.88. The molecule has 1 aliphatic heterocycles. The highest BCUT2D eigenvalue weighted by molar-refractivity contribution is 5.77. The lowest BCUT2D eigenvalue weighted by atomic mass is 10.0. The van der Waals surface area contributed by atoms with Crippen molar-refractivity contribution in [2.75, 3.05) is 6.54 Å². The van der Waals surface area contributed by atoms with Crippen molar-refractivity contribution in [2.24, 2.45) is 11.7 Å². The third-order valence-corrected chi connectivity index (χ3v) is 3.20. The van der Waals surface area contributed by atoms with E-state index in [9.17, 15) is 9.59 Å². The molecule has 0 saturated carbocycles. The van der Waals surface area contributed by atoms with Crippen LogP contribution in [0.4, 0.5) is 0 Å². The number of hydrogen-bond donors (Lipinski definition) is 3. The molecular formula is C11H20N2O4. The van der Waals surface area contributed by atoms with Crippen LogP contribution < -0.4 is 11.1 Å². The lowest BCUT2D eigenvalue weighted by Crippen LogP contribution is -2.40. The first-order valence-corrected chi connectivity index (χ1v) is 5.88. The van der Waals surface area contributed by atoms with Crippen molar-refractivity contribution in [1.82, 2.24) is 5.32 Å². The van der Waals surface area contributed by atoms with Gasteiger partial charge in [0.2, 0.25) is 0 Å². The fraction of sp³-hybridized carbons (Fsp3) is 0.818. The van der Waals surface area contributed by atoms with Crippen LogP contribution in [0.2, 0.25) is 0 Å². The number of esters is 1. The lowest BCUT2D eigenvalue weighted by Gasteiger charge is -2.19. The van der Waals surface area contributed by atoms with Crippen LogP contribution in [0.25, 0.3) is 0 Å². The SMILES string of the molecule is CC[C@H](C)[C@H](N)C(=O)OC1CN[C@H](C(=O)O)C1. The molecule has 0 spiro atoms. The van der Waals surface area contributed by atoms with Gasteiger partial charge in [-0.05, 0) is 5.92 Å². The molecule has 1 heterocycles. The van der Waals surface area contributed by atoms with E-state index in [1.54, 1.807) is 0 Å². The average molecular weight is 244 g/mol. The van der Waals surface area contributed by atoms with Gasteiger partial charge in [0.05, 0.1) is 0 Å². The second kappa shape index (κ2) is 5.97. The third kappa shape index (κ3) is 3.67. The standard InChI is InChI=1S/C11H20N2O4/c1-3-6(2)9(12)11(16)17-7-4-8(10(14)15)13-5-7/h6-9,13H,3-5,12H2,1-2H3,(H,14,15)/t6-,7?,8-,9-/m0/s1. The molecule has 1 fully saturated rings. The van der Waals surface area contributed by atoms with Gasteiger partial charge in [-0.3, -0.25) is 9.59 Å². The van der Waals surface area contributed by atoms with E-state index in [-0.39, 0.29) is 5.92 Å². The minimum Gasteiger partial charge on any atom is -0.480 e. The summed E-state index contributed by atoms with van der Waals surface area (Å²) >= 11 is 0. The first kappa shape index (κ1) is 13.9. The van der Waals surface area contributed by atoms with Gasteiger partial charge in [-0.2, -0.15) is 0 Å². The molecule has 1 aliphatic rings. The normalized spacial score (nSPS) is 27.5. The van der Waals surface area contributed by atoms with Crippen molar-refractivity contribution >= 4 is 11.9 Å². The summed E-state index contributed by atoms with van der Waals surface area (Å²) in [5.41, 5.74) is 5.73. The highest BCUT2D eigenvalue weighted by Crippen LogP contribution is 2.14. The van der Waals surface area contributed by atoms with Crippen LogP contribution in [-0.4, -0.2) is 41.8 Å². The quantitative estimate of drug-likeness (QED) is 0.575. The molecule has 6 heteroatoms. The minimum atomic E-state index is -0.922. The molecule has 0 bridgehead atoms. The highest BCUT2D eigenvalue weighted by atomic mass is 16.5. The van der Waals surface area contributed by atoms with E-state index >= 15 is 0 Å². The topological polar surface area (TPSA) is 102 Å². The number of rotatable bonds is 5. The molecule has 4 N–H and O–H groups in total. The van der Waals surface area contributed by atoms with Crippen LogP contribution in [0.3, 0.4) is 0 Å². The predicted molar refractivity (Wildman–Crippen MR) is 61.4 cm³/mol. The monoisotopic (exact) mass is 244 g/mol. The van der Waals surface area contributed by atoms with Crippen LogP contribution in [0, 0.1) is 5.92 Å². The van der Waals surface area contributed by atoms with Gasteiger partial charge in [0, 0.05) is 13.0 Å². The maximum atomic E-state index is 11.7. The third-order valence-electron chi connectivity index (χ3n) is 3.20. The zero-order valence-electron chi connectivity index (χ0n) is 10.2. The predicted octanol–water partition coefficient (Wildman–Crippen LogP) is -0.282. The van der Waals surface area contributed by atoms with E-state index in [4.69, 9.17) is 15.6 Å². The second-order valence-electron chi connectivity index (χ2n) is 4.50. The smallest absolute Gasteiger partial charge is 0.323 e. The maximum Gasteiger partial charge on any atom is 0.323 e. The highest BCUT2D eigenvalue weighted by Gasteiger charge is 2.33. The molecule has 6 nitrogen and oxygen atoms in total. The van der Waals surface area contributed by atoms with E-state index in [1.165, 1.54) is 0 Å². The van der Waals surface area contributed by atoms with Gasteiger partial charge < -0.3 is 20.9 Å². The molecule has 0 amide bonds. The van der Waals surface area contributed by atoms with Gasteiger partial charge in [0.25, 0.3) is 0 Å². The number of carbonyl (C=O) groups is 2. The molecule has 1 unspecified atom stereocenters. The van der Waals surface area contributed by atoms with E-state index in [0.717, 1.165) is 6.42 Å². The number of carboxylic acids is 1. The molecule has 98 valence electrons. The number of carbonyl (C=O) groups excluding carboxylic acids is 1. The lowest BCUT2D eigenvalue weighted by molar-refractivity contribution is -0.151. The van der Waals surface area contributed by atoms with Crippen molar-refractivity contribution in [3.05, 3.63) is 0 Å². The Hall–Kier alpha value is -1.14. The van der Waals surface area contributed by atoms with E-state index < -0.39 is 30.1 Å². The first-order chi connectivity index (χ1) is 7.95. The Labute approximate surface area is 101 Å². The maximum absolute atomic E-state index is 11.7. The molecule has 4 atom stereocenters. The molecule has 1 rings (SSSR count). The van der Waals surface area contributed by atoms with Crippen LogP contribution in [-0.2, 0) is 14.3 Å². The fourth-order valence-electron chi connectivity index (χ4n) is 1.71. The van der Waals surface area contributed by atoms with Crippen molar-refractivity contribution in [1.29, 1.82) is 0 Å². The Bertz CT molecular complexity index is 295.